The average molecular weight is 252 g/mol. The first kappa shape index (κ1) is 14.7. The van der Waals surface area contributed by atoms with Crippen molar-refractivity contribution in [1.82, 2.24) is 0 Å². The second-order valence-corrected chi connectivity index (χ2v) is 4.02. The Kier molecular flexibility index (Phi) is 7.11. The minimum atomic E-state index is -0.467. The third-order valence-corrected chi connectivity index (χ3v) is 2.66. The topological polar surface area (TPSA) is 18.5 Å². The van der Waals surface area contributed by atoms with Crippen LogP contribution in [0, 0.1) is 0 Å². The van der Waals surface area contributed by atoms with Crippen LogP contribution in [0.2, 0.25) is 0 Å². The largest absolute Gasteiger partial charge is 0.496 e. The van der Waals surface area contributed by atoms with Crippen LogP contribution in [0.4, 0.5) is 4.39 Å². The lowest BCUT2D eigenvalue weighted by atomic mass is 10.0. The maximum atomic E-state index is 11.9. The SMILES string of the molecule is C=C/C(=C\C=C(/C)OCCF)C1=CCCOCC1. The molecule has 2 nitrogen and oxygen atoms in total. The fourth-order valence-electron chi connectivity index (χ4n) is 1.73. The van der Waals surface area contributed by atoms with Gasteiger partial charge in [0, 0.05) is 0 Å². The highest BCUT2D eigenvalue weighted by atomic mass is 19.1. The van der Waals surface area contributed by atoms with Crippen molar-refractivity contribution in [3.05, 3.63) is 47.8 Å². The molecule has 1 heterocycles. The van der Waals surface area contributed by atoms with Crippen molar-refractivity contribution < 1.29 is 13.9 Å². The zero-order valence-corrected chi connectivity index (χ0v) is 11.0. The maximum Gasteiger partial charge on any atom is 0.123 e. The summed E-state index contributed by atoms with van der Waals surface area (Å²) in [5, 5.41) is 0. The Morgan fingerprint density at radius 3 is 3.06 bits per heavy atom. The Hall–Kier alpha value is -1.35. The van der Waals surface area contributed by atoms with Crippen molar-refractivity contribution in [3.63, 3.8) is 0 Å². The van der Waals surface area contributed by atoms with E-state index in [2.05, 4.69) is 12.7 Å². The van der Waals surface area contributed by atoms with Crippen LogP contribution >= 0.6 is 0 Å². The predicted octanol–water partition coefficient (Wildman–Crippen LogP) is 3.73. The molecule has 0 bridgehead atoms. The molecule has 0 spiro atoms. The monoisotopic (exact) mass is 252 g/mol. The van der Waals surface area contributed by atoms with Gasteiger partial charge in [0.15, 0.2) is 0 Å². The second-order valence-electron chi connectivity index (χ2n) is 4.02. The molecule has 0 aromatic rings. The van der Waals surface area contributed by atoms with Crippen LogP contribution in [0.15, 0.2) is 47.8 Å². The molecule has 0 N–H and O–H groups in total. The number of alkyl halides is 1. The molecule has 0 atom stereocenters. The van der Waals surface area contributed by atoms with Gasteiger partial charge in [-0.15, -0.1) is 0 Å². The molecule has 0 aliphatic carbocycles. The third-order valence-electron chi connectivity index (χ3n) is 2.66. The van der Waals surface area contributed by atoms with Crippen molar-refractivity contribution in [3.8, 4) is 0 Å². The fraction of sp³-hybridized carbons (Fsp3) is 0.467. The molecule has 0 saturated carbocycles. The Labute approximate surface area is 108 Å². The van der Waals surface area contributed by atoms with E-state index >= 15 is 0 Å². The number of ether oxygens (including phenoxy) is 2. The standard InChI is InChI=1S/C15H21FO2/c1-3-14(7-6-13(2)18-12-9-16)15-5-4-10-17-11-8-15/h3,5-7H,1,4,8-12H2,2H3/b13-6+,14-7+. The first-order chi connectivity index (χ1) is 8.77. The van der Waals surface area contributed by atoms with Gasteiger partial charge in [0.05, 0.1) is 19.0 Å². The molecule has 0 radical (unpaired) electrons. The summed E-state index contributed by atoms with van der Waals surface area (Å²) in [5.74, 6) is 0.706. The van der Waals surface area contributed by atoms with Crippen LogP contribution in [0.5, 0.6) is 0 Å². The van der Waals surface area contributed by atoms with E-state index < -0.39 is 6.67 Å². The van der Waals surface area contributed by atoms with Crippen molar-refractivity contribution in [2.45, 2.75) is 19.8 Å². The van der Waals surface area contributed by atoms with Crippen LogP contribution in [-0.2, 0) is 9.47 Å². The smallest absolute Gasteiger partial charge is 0.123 e. The quantitative estimate of drug-likeness (QED) is 0.530. The van der Waals surface area contributed by atoms with Gasteiger partial charge in [-0.25, -0.2) is 4.39 Å². The van der Waals surface area contributed by atoms with Gasteiger partial charge in [-0.2, -0.15) is 0 Å². The molecule has 1 aliphatic heterocycles. The van der Waals surface area contributed by atoms with Gasteiger partial charge in [0.25, 0.3) is 0 Å². The van der Waals surface area contributed by atoms with Crippen molar-refractivity contribution in [1.29, 1.82) is 0 Å². The van der Waals surface area contributed by atoms with E-state index in [1.165, 1.54) is 5.57 Å². The van der Waals surface area contributed by atoms with Gasteiger partial charge in [0.1, 0.15) is 13.3 Å². The zero-order valence-electron chi connectivity index (χ0n) is 11.0. The number of allylic oxidation sites excluding steroid dienone is 5. The van der Waals surface area contributed by atoms with Gasteiger partial charge in [0.2, 0.25) is 0 Å². The normalized spacial score (nSPS) is 18.0. The zero-order chi connectivity index (χ0) is 13.2. The summed E-state index contributed by atoms with van der Waals surface area (Å²) in [5.41, 5.74) is 2.32. The van der Waals surface area contributed by atoms with Gasteiger partial charge in [-0.1, -0.05) is 24.8 Å². The summed E-state index contributed by atoms with van der Waals surface area (Å²) < 4.78 is 22.5. The summed E-state index contributed by atoms with van der Waals surface area (Å²) in [7, 11) is 0. The lowest BCUT2D eigenvalue weighted by Crippen LogP contribution is -1.94. The molecule has 3 heteroatoms. The summed E-state index contributed by atoms with van der Waals surface area (Å²) in [6.45, 7) is 6.81. The molecule has 0 unspecified atom stereocenters. The number of halogens is 1. The predicted molar refractivity (Wildman–Crippen MR) is 72.1 cm³/mol. The van der Waals surface area contributed by atoms with E-state index in [4.69, 9.17) is 9.47 Å². The Balaban J connectivity index is 2.69. The van der Waals surface area contributed by atoms with Crippen molar-refractivity contribution in [2.24, 2.45) is 0 Å². The highest BCUT2D eigenvalue weighted by Gasteiger charge is 2.05. The van der Waals surface area contributed by atoms with Crippen LogP contribution < -0.4 is 0 Å². The lowest BCUT2D eigenvalue weighted by Gasteiger charge is -2.06. The lowest BCUT2D eigenvalue weighted by molar-refractivity contribution is 0.147. The van der Waals surface area contributed by atoms with Crippen LogP contribution in [-0.4, -0.2) is 26.5 Å². The molecular formula is C15H21FO2. The number of hydrogen-bond donors (Lipinski definition) is 0. The minimum absolute atomic E-state index is 0.107. The van der Waals surface area contributed by atoms with E-state index in [-0.39, 0.29) is 6.61 Å². The Bertz CT molecular complexity index is 354. The van der Waals surface area contributed by atoms with Gasteiger partial charge in [-0.05, 0) is 37.0 Å². The van der Waals surface area contributed by atoms with E-state index in [0.29, 0.717) is 5.76 Å². The first-order valence-electron chi connectivity index (χ1n) is 6.25. The summed E-state index contributed by atoms with van der Waals surface area (Å²) >= 11 is 0. The minimum Gasteiger partial charge on any atom is -0.496 e. The fourth-order valence-corrected chi connectivity index (χ4v) is 1.73. The van der Waals surface area contributed by atoms with E-state index in [9.17, 15) is 4.39 Å². The molecule has 0 amide bonds. The number of rotatable bonds is 6. The van der Waals surface area contributed by atoms with Crippen LogP contribution in [0.25, 0.3) is 0 Å². The Morgan fingerprint density at radius 2 is 2.33 bits per heavy atom. The van der Waals surface area contributed by atoms with Gasteiger partial charge in [-0.3, -0.25) is 0 Å². The summed E-state index contributed by atoms with van der Waals surface area (Å²) in [4.78, 5) is 0. The maximum absolute atomic E-state index is 11.9. The van der Waals surface area contributed by atoms with Crippen molar-refractivity contribution in [2.75, 3.05) is 26.5 Å². The molecule has 0 fully saturated rings. The van der Waals surface area contributed by atoms with E-state index in [0.717, 1.165) is 31.6 Å². The highest BCUT2D eigenvalue weighted by Crippen LogP contribution is 2.19. The van der Waals surface area contributed by atoms with Crippen molar-refractivity contribution >= 4 is 0 Å². The first-order valence-corrected chi connectivity index (χ1v) is 6.25. The molecule has 0 aromatic carbocycles. The molecule has 1 rings (SSSR count). The summed E-state index contributed by atoms with van der Waals surface area (Å²) in [6.07, 6.45) is 9.65. The molecule has 0 saturated heterocycles. The molecule has 18 heavy (non-hydrogen) atoms. The number of hydrogen-bond acceptors (Lipinski definition) is 2. The summed E-state index contributed by atoms with van der Waals surface area (Å²) in [6, 6.07) is 0. The van der Waals surface area contributed by atoms with E-state index in [1.807, 2.05) is 25.2 Å². The van der Waals surface area contributed by atoms with Gasteiger partial charge < -0.3 is 9.47 Å². The molecule has 100 valence electrons. The Morgan fingerprint density at radius 1 is 1.50 bits per heavy atom. The second kappa shape index (κ2) is 8.70. The molecule has 0 aromatic heterocycles. The van der Waals surface area contributed by atoms with Gasteiger partial charge >= 0.3 is 0 Å². The van der Waals surface area contributed by atoms with E-state index in [1.54, 1.807) is 0 Å². The highest BCUT2D eigenvalue weighted by molar-refractivity contribution is 5.41. The average Bonchev–Trinajstić information content (AvgIpc) is 2.66. The van der Waals surface area contributed by atoms with Crippen LogP contribution in [0.3, 0.4) is 0 Å². The van der Waals surface area contributed by atoms with Crippen LogP contribution in [0.1, 0.15) is 19.8 Å². The third kappa shape index (κ3) is 5.32. The molecule has 1 aliphatic rings. The molecular weight excluding hydrogens is 231 g/mol.